The molecule has 0 saturated carbocycles. The zero-order chi connectivity index (χ0) is 18.0. The Morgan fingerprint density at radius 3 is 2.92 bits per heavy atom. The topological polar surface area (TPSA) is 91.7 Å². The van der Waals surface area contributed by atoms with Crippen molar-refractivity contribution in [3.8, 4) is 0 Å². The van der Waals surface area contributed by atoms with Crippen molar-refractivity contribution in [2.75, 3.05) is 31.2 Å². The molecule has 0 aliphatic carbocycles. The summed E-state index contributed by atoms with van der Waals surface area (Å²) < 4.78 is 30.3. The van der Waals surface area contributed by atoms with E-state index in [0.29, 0.717) is 25.3 Å². The van der Waals surface area contributed by atoms with Crippen LogP contribution in [-0.4, -0.2) is 44.6 Å². The van der Waals surface area contributed by atoms with Crippen molar-refractivity contribution in [2.24, 2.45) is 5.92 Å². The highest BCUT2D eigenvalue weighted by atomic mass is 32.2. The van der Waals surface area contributed by atoms with Gasteiger partial charge in [-0.2, -0.15) is 0 Å². The molecule has 1 fully saturated rings. The minimum absolute atomic E-state index is 0.133. The smallest absolute Gasteiger partial charge is 0.319 e. The summed E-state index contributed by atoms with van der Waals surface area (Å²) in [6.07, 6.45) is 2.95. The molecule has 2 heterocycles. The zero-order valence-corrected chi connectivity index (χ0v) is 15.2. The Bertz CT molecular complexity index is 875. The van der Waals surface area contributed by atoms with Gasteiger partial charge in [-0.25, -0.2) is 17.5 Å². The van der Waals surface area contributed by atoms with Crippen LogP contribution < -0.4 is 10.6 Å². The van der Waals surface area contributed by atoms with Crippen molar-refractivity contribution in [2.45, 2.75) is 19.8 Å². The van der Waals surface area contributed by atoms with Crippen LogP contribution in [0.4, 0.5) is 10.5 Å². The van der Waals surface area contributed by atoms with Crippen LogP contribution >= 0.6 is 0 Å². The minimum Gasteiger partial charge on any atom is -0.461 e. The van der Waals surface area contributed by atoms with Gasteiger partial charge in [0.05, 0.1) is 6.26 Å². The molecule has 3 rings (SSSR count). The molecule has 1 atom stereocenters. The molecule has 2 amide bonds. The molecule has 0 unspecified atom stereocenters. The molecule has 1 aliphatic heterocycles. The maximum Gasteiger partial charge on any atom is 0.319 e. The van der Waals surface area contributed by atoms with E-state index in [1.54, 1.807) is 6.07 Å². The number of anilines is 1. The highest BCUT2D eigenvalue weighted by Gasteiger charge is 2.25. The van der Waals surface area contributed by atoms with Crippen molar-refractivity contribution < 1.29 is 17.6 Å². The molecule has 1 aromatic carbocycles. The molecule has 0 bridgehead atoms. The average Bonchev–Trinajstić information content (AvgIpc) is 2.92. The number of aryl methyl sites for hydroxylation is 1. The van der Waals surface area contributed by atoms with Crippen LogP contribution in [-0.2, 0) is 10.0 Å². The van der Waals surface area contributed by atoms with Crippen LogP contribution in [0.5, 0.6) is 0 Å². The van der Waals surface area contributed by atoms with Crippen LogP contribution in [0.15, 0.2) is 28.7 Å². The third kappa shape index (κ3) is 4.52. The summed E-state index contributed by atoms with van der Waals surface area (Å²) >= 11 is 0. The summed E-state index contributed by atoms with van der Waals surface area (Å²) in [7, 11) is -3.17. The number of carbonyl (C=O) groups is 1. The summed E-state index contributed by atoms with van der Waals surface area (Å²) in [6, 6.07) is 7.09. The van der Waals surface area contributed by atoms with Gasteiger partial charge in [0.15, 0.2) is 0 Å². The van der Waals surface area contributed by atoms with E-state index in [9.17, 15) is 13.2 Å². The van der Waals surface area contributed by atoms with Gasteiger partial charge in [-0.1, -0.05) is 0 Å². The monoisotopic (exact) mass is 365 g/mol. The zero-order valence-electron chi connectivity index (χ0n) is 14.4. The molecule has 7 nitrogen and oxygen atoms in total. The first-order valence-electron chi connectivity index (χ1n) is 8.31. The molecule has 0 radical (unpaired) electrons. The number of urea groups is 1. The van der Waals surface area contributed by atoms with Crippen molar-refractivity contribution in [3.63, 3.8) is 0 Å². The number of hydrogen-bond donors (Lipinski definition) is 2. The lowest BCUT2D eigenvalue weighted by Gasteiger charge is -2.30. The van der Waals surface area contributed by atoms with Gasteiger partial charge in [-0.3, -0.25) is 0 Å². The molecule has 1 aromatic heterocycles. The first-order valence-corrected chi connectivity index (χ1v) is 10.2. The van der Waals surface area contributed by atoms with Crippen molar-refractivity contribution >= 4 is 32.7 Å². The largest absolute Gasteiger partial charge is 0.461 e. The molecule has 25 heavy (non-hydrogen) atoms. The fraction of sp³-hybridized carbons (Fsp3) is 0.471. The van der Waals surface area contributed by atoms with Gasteiger partial charge >= 0.3 is 6.03 Å². The number of carbonyl (C=O) groups excluding carboxylic acids is 1. The second-order valence-electron chi connectivity index (χ2n) is 6.57. The second kappa shape index (κ2) is 7.05. The Balaban J connectivity index is 1.53. The Kier molecular flexibility index (Phi) is 5.01. The van der Waals surface area contributed by atoms with Crippen LogP contribution in [0.1, 0.15) is 18.6 Å². The molecule has 2 N–H and O–H groups in total. The van der Waals surface area contributed by atoms with Gasteiger partial charge < -0.3 is 15.1 Å². The number of nitrogens with zero attached hydrogens (tertiary/aromatic N) is 1. The lowest BCUT2D eigenvalue weighted by atomic mass is 10.00. The highest BCUT2D eigenvalue weighted by Crippen LogP contribution is 2.22. The average molecular weight is 365 g/mol. The van der Waals surface area contributed by atoms with Crippen LogP contribution in [0.2, 0.25) is 0 Å². The molecular weight excluding hydrogens is 342 g/mol. The van der Waals surface area contributed by atoms with Crippen molar-refractivity contribution in [1.29, 1.82) is 0 Å². The number of nitrogens with one attached hydrogen (secondary N) is 2. The predicted octanol–water partition coefficient (Wildman–Crippen LogP) is 2.53. The molecule has 8 heteroatoms. The van der Waals surface area contributed by atoms with Crippen LogP contribution in [0, 0.1) is 12.8 Å². The molecular formula is C17H23N3O4S. The molecule has 1 saturated heterocycles. The maximum absolute atomic E-state index is 12.1. The number of sulfonamides is 1. The SMILES string of the molecule is Cc1cc2cc(NC(=O)NC[C@@H]3CCCN(S(C)(=O)=O)C3)ccc2o1. The second-order valence-corrected chi connectivity index (χ2v) is 8.56. The quantitative estimate of drug-likeness (QED) is 0.871. The van der Waals surface area contributed by atoms with Gasteiger partial charge in [-0.05, 0) is 49.9 Å². The first kappa shape index (κ1) is 17.8. The molecule has 136 valence electrons. The fourth-order valence-electron chi connectivity index (χ4n) is 3.16. The maximum atomic E-state index is 12.1. The van der Waals surface area contributed by atoms with Crippen molar-refractivity contribution in [1.82, 2.24) is 9.62 Å². The fourth-order valence-corrected chi connectivity index (χ4v) is 4.10. The number of piperidine rings is 1. The van der Waals surface area contributed by atoms with Crippen LogP contribution in [0.3, 0.4) is 0 Å². The van der Waals surface area contributed by atoms with Gasteiger partial charge in [0.2, 0.25) is 10.0 Å². The van der Waals surface area contributed by atoms with E-state index in [1.165, 1.54) is 10.6 Å². The number of benzene rings is 1. The first-order chi connectivity index (χ1) is 11.8. The lowest BCUT2D eigenvalue weighted by Crippen LogP contribution is -2.43. The van der Waals surface area contributed by atoms with E-state index in [0.717, 1.165) is 29.6 Å². The number of furan rings is 1. The summed E-state index contributed by atoms with van der Waals surface area (Å²) in [5, 5.41) is 6.57. The third-order valence-electron chi connectivity index (χ3n) is 4.40. The summed E-state index contributed by atoms with van der Waals surface area (Å²) in [5.74, 6) is 0.956. The van der Waals surface area contributed by atoms with E-state index >= 15 is 0 Å². The van der Waals surface area contributed by atoms with Gasteiger partial charge in [0.1, 0.15) is 11.3 Å². The Labute approximate surface area is 147 Å². The van der Waals surface area contributed by atoms with Crippen LogP contribution in [0.25, 0.3) is 11.0 Å². The van der Waals surface area contributed by atoms with Gasteiger partial charge in [0, 0.05) is 30.7 Å². The van der Waals surface area contributed by atoms with E-state index < -0.39 is 10.0 Å². The summed E-state index contributed by atoms with van der Waals surface area (Å²) in [5.41, 5.74) is 1.47. The number of fused-ring (bicyclic) bond motifs is 1. The summed E-state index contributed by atoms with van der Waals surface area (Å²) in [6.45, 7) is 3.35. The van der Waals surface area contributed by atoms with E-state index in [1.807, 2.05) is 25.1 Å². The molecule has 0 spiro atoms. The van der Waals surface area contributed by atoms with E-state index in [-0.39, 0.29) is 11.9 Å². The number of rotatable bonds is 4. The van der Waals surface area contributed by atoms with Crippen molar-refractivity contribution in [3.05, 3.63) is 30.0 Å². The predicted molar refractivity (Wildman–Crippen MR) is 97.1 cm³/mol. The Morgan fingerprint density at radius 1 is 1.36 bits per heavy atom. The number of amides is 2. The lowest BCUT2D eigenvalue weighted by molar-refractivity contribution is 0.239. The normalized spacial score (nSPS) is 19.0. The van der Waals surface area contributed by atoms with Gasteiger partial charge in [0.25, 0.3) is 0 Å². The molecule has 2 aromatic rings. The molecule has 1 aliphatic rings. The highest BCUT2D eigenvalue weighted by molar-refractivity contribution is 7.88. The summed E-state index contributed by atoms with van der Waals surface area (Å²) in [4.78, 5) is 12.1. The van der Waals surface area contributed by atoms with E-state index in [4.69, 9.17) is 4.42 Å². The standard InChI is InChI=1S/C17H23N3O4S/c1-12-8-14-9-15(5-6-16(14)24-12)19-17(21)18-10-13-4-3-7-20(11-13)25(2,22)23/h5-6,8-9,13H,3-4,7,10-11H2,1-2H3,(H2,18,19,21)/t13-/m0/s1. The number of hydrogen-bond acceptors (Lipinski definition) is 4. The minimum atomic E-state index is -3.17. The van der Waals surface area contributed by atoms with Gasteiger partial charge in [-0.15, -0.1) is 0 Å². The Morgan fingerprint density at radius 2 is 2.16 bits per heavy atom. The Hall–Kier alpha value is -2.06. The van der Waals surface area contributed by atoms with E-state index in [2.05, 4.69) is 10.6 Å². The third-order valence-corrected chi connectivity index (χ3v) is 5.67.